The molecule has 0 fully saturated rings. The summed E-state index contributed by atoms with van der Waals surface area (Å²) in [4.78, 5) is 25.6. The largest absolute Gasteiger partial charge is 0.507 e. The van der Waals surface area contributed by atoms with E-state index in [1.54, 1.807) is 18.3 Å². The van der Waals surface area contributed by atoms with E-state index in [1.807, 2.05) is 68.4 Å². The van der Waals surface area contributed by atoms with Crippen LogP contribution in [0.2, 0.25) is 0 Å². The first-order valence-electron chi connectivity index (χ1n) is 10.1. The van der Waals surface area contributed by atoms with E-state index in [0.717, 1.165) is 22.2 Å². The van der Waals surface area contributed by atoms with Crippen LogP contribution in [0.1, 0.15) is 17.0 Å². The molecule has 2 N–H and O–H groups in total. The molecule has 1 aromatic heterocycles. The first kappa shape index (κ1) is 21.5. The Morgan fingerprint density at radius 2 is 1.81 bits per heavy atom. The van der Waals surface area contributed by atoms with Crippen molar-refractivity contribution < 1.29 is 9.90 Å². The van der Waals surface area contributed by atoms with E-state index < -0.39 is 0 Å². The standard InChI is InChI=1S/C25H22N4O2S/c1-16-12-17(2)28-25(27-16)32-15-24(31)29-20-8-5-7-19(13-20)26-14-22-21-9-4-3-6-18(21)10-11-23(22)30/h3-14,30H,15H2,1-2H3,(H,29,31). The molecule has 4 aromatic rings. The maximum absolute atomic E-state index is 12.4. The molecular weight excluding hydrogens is 420 g/mol. The van der Waals surface area contributed by atoms with Gasteiger partial charge in [0, 0.05) is 28.9 Å². The van der Waals surface area contributed by atoms with Crippen molar-refractivity contribution in [1.82, 2.24) is 9.97 Å². The van der Waals surface area contributed by atoms with Gasteiger partial charge in [-0.1, -0.05) is 48.2 Å². The molecule has 32 heavy (non-hydrogen) atoms. The number of amides is 1. The Kier molecular flexibility index (Phi) is 6.47. The number of aromatic hydroxyl groups is 1. The number of rotatable bonds is 6. The molecule has 0 atom stereocenters. The number of aryl methyl sites for hydroxylation is 2. The summed E-state index contributed by atoms with van der Waals surface area (Å²) in [6.45, 7) is 3.81. The number of thioether (sulfide) groups is 1. The van der Waals surface area contributed by atoms with E-state index >= 15 is 0 Å². The summed E-state index contributed by atoms with van der Waals surface area (Å²) < 4.78 is 0. The molecule has 0 bridgehead atoms. The van der Waals surface area contributed by atoms with Gasteiger partial charge in [-0.05, 0) is 55.0 Å². The van der Waals surface area contributed by atoms with Crippen LogP contribution >= 0.6 is 11.8 Å². The number of carbonyl (C=O) groups is 1. The number of nitrogens with one attached hydrogen (secondary N) is 1. The molecule has 0 aliphatic rings. The zero-order valence-corrected chi connectivity index (χ0v) is 18.6. The summed E-state index contributed by atoms with van der Waals surface area (Å²) in [5.41, 5.74) is 3.72. The second kappa shape index (κ2) is 9.62. The van der Waals surface area contributed by atoms with Gasteiger partial charge in [0.05, 0.1) is 11.4 Å². The highest BCUT2D eigenvalue weighted by Crippen LogP contribution is 2.27. The molecule has 6 nitrogen and oxygen atoms in total. The van der Waals surface area contributed by atoms with Crippen LogP contribution in [-0.2, 0) is 4.79 Å². The molecule has 0 saturated carbocycles. The van der Waals surface area contributed by atoms with Gasteiger partial charge < -0.3 is 10.4 Å². The maximum atomic E-state index is 12.4. The Morgan fingerprint density at radius 1 is 1.03 bits per heavy atom. The van der Waals surface area contributed by atoms with Gasteiger partial charge in [-0.2, -0.15) is 0 Å². The van der Waals surface area contributed by atoms with Crippen LogP contribution in [0.5, 0.6) is 5.75 Å². The van der Waals surface area contributed by atoms with Crippen molar-refractivity contribution in [2.45, 2.75) is 19.0 Å². The Balaban J connectivity index is 1.45. The number of phenolic OH excluding ortho intramolecular Hbond substituents is 1. The SMILES string of the molecule is Cc1cc(C)nc(SCC(=O)Nc2cccc(N=Cc3c(O)ccc4ccccc34)c2)n1. The number of aliphatic imine (C=N–C) groups is 1. The van der Waals surface area contributed by atoms with Crippen molar-refractivity contribution in [3.05, 3.63) is 83.7 Å². The molecule has 0 spiro atoms. The minimum Gasteiger partial charge on any atom is -0.507 e. The fourth-order valence-electron chi connectivity index (χ4n) is 3.31. The number of aromatic nitrogens is 2. The van der Waals surface area contributed by atoms with E-state index in [0.29, 0.717) is 22.1 Å². The van der Waals surface area contributed by atoms with Crippen LogP contribution in [0.15, 0.2) is 76.9 Å². The van der Waals surface area contributed by atoms with E-state index in [1.165, 1.54) is 11.8 Å². The highest BCUT2D eigenvalue weighted by molar-refractivity contribution is 7.99. The van der Waals surface area contributed by atoms with Crippen LogP contribution < -0.4 is 5.32 Å². The Hall–Kier alpha value is -3.71. The van der Waals surface area contributed by atoms with Crippen LogP contribution in [-0.4, -0.2) is 32.9 Å². The second-order valence-corrected chi connectivity index (χ2v) is 8.24. The Bertz CT molecular complexity index is 1300. The monoisotopic (exact) mass is 442 g/mol. The third-order valence-electron chi connectivity index (χ3n) is 4.71. The number of benzene rings is 3. The number of nitrogens with zero attached hydrogens (tertiary/aromatic N) is 3. The lowest BCUT2D eigenvalue weighted by atomic mass is 10.0. The van der Waals surface area contributed by atoms with Crippen molar-refractivity contribution in [2.75, 3.05) is 11.1 Å². The highest BCUT2D eigenvalue weighted by Gasteiger charge is 2.08. The first-order chi connectivity index (χ1) is 15.5. The lowest BCUT2D eigenvalue weighted by Crippen LogP contribution is -2.14. The van der Waals surface area contributed by atoms with Gasteiger partial charge in [0.1, 0.15) is 5.75 Å². The Morgan fingerprint density at radius 3 is 2.62 bits per heavy atom. The second-order valence-electron chi connectivity index (χ2n) is 7.30. The molecule has 160 valence electrons. The summed E-state index contributed by atoms with van der Waals surface area (Å²) >= 11 is 1.30. The van der Waals surface area contributed by atoms with Crippen molar-refractivity contribution in [1.29, 1.82) is 0 Å². The summed E-state index contributed by atoms with van der Waals surface area (Å²) in [5, 5.41) is 15.7. The molecular formula is C25H22N4O2S. The summed E-state index contributed by atoms with van der Waals surface area (Å²) in [6, 6.07) is 20.5. The van der Waals surface area contributed by atoms with Crippen LogP contribution in [0.4, 0.5) is 11.4 Å². The van der Waals surface area contributed by atoms with E-state index in [2.05, 4.69) is 20.3 Å². The molecule has 0 aliphatic heterocycles. The minimum atomic E-state index is -0.148. The van der Waals surface area contributed by atoms with Gasteiger partial charge in [0.25, 0.3) is 0 Å². The Labute approximate surface area is 190 Å². The van der Waals surface area contributed by atoms with Gasteiger partial charge in [-0.3, -0.25) is 9.79 Å². The molecule has 1 amide bonds. The van der Waals surface area contributed by atoms with E-state index in [4.69, 9.17) is 0 Å². The molecule has 4 rings (SSSR count). The molecule has 3 aromatic carbocycles. The first-order valence-corrected chi connectivity index (χ1v) is 11.1. The molecule has 0 saturated heterocycles. The van der Waals surface area contributed by atoms with Crippen LogP contribution in [0.3, 0.4) is 0 Å². The topological polar surface area (TPSA) is 87.5 Å². The average molecular weight is 443 g/mol. The number of hydrogen-bond acceptors (Lipinski definition) is 6. The number of carbonyl (C=O) groups excluding carboxylic acids is 1. The fraction of sp³-hybridized carbons (Fsp3) is 0.120. The van der Waals surface area contributed by atoms with Crippen molar-refractivity contribution >= 4 is 46.0 Å². The molecule has 0 aliphatic carbocycles. The normalized spacial score (nSPS) is 11.2. The lowest BCUT2D eigenvalue weighted by Gasteiger charge is -2.07. The van der Waals surface area contributed by atoms with Crippen molar-refractivity contribution in [3.8, 4) is 5.75 Å². The van der Waals surface area contributed by atoms with Crippen LogP contribution in [0.25, 0.3) is 10.8 Å². The third kappa shape index (κ3) is 5.31. The van der Waals surface area contributed by atoms with Crippen molar-refractivity contribution in [3.63, 3.8) is 0 Å². The quantitative estimate of drug-likeness (QED) is 0.236. The summed E-state index contributed by atoms with van der Waals surface area (Å²) in [7, 11) is 0. The number of phenols is 1. The van der Waals surface area contributed by atoms with Gasteiger partial charge in [0.2, 0.25) is 5.91 Å². The van der Waals surface area contributed by atoms with Gasteiger partial charge in [-0.25, -0.2) is 9.97 Å². The fourth-order valence-corrected chi connectivity index (χ4v) is 4.06. The lowest BCUT2D eigenvalue weighted by molar-refractivity contribution is -0.113. The van der Waals surface area contributed by atoms with E-state index in [9.17, 15) is 9.90 Å². The number of anilines is 1. The maximum Gasteiger partial charge on any atom is 0.234 e. The zero-order valence-electron chi connectivity index (χ0n) is 17.7. The summed E-state index contributed by atoms with van der Waals surface area (Å²) in [6.07, 6.45) is 1.64. The smallest absolute Gasteiger partial charge is 0.234 e. The minimum absolute atomic E-state index is 0.148. The third-order valence-corrected chi connectivity index (χ3v) is 5.56. The molecule has 0 radical (unpaired) electrons. The van der Waals surface area contributed by atoms with Gasteiger partial charge in [-0.15, -0.1) is 0 Å². The molecule has 1 heterocycles. The molecule has 0 unspecified atom stereocenters. The predicted molar refractivity (Wildman–Crippen MR) is 130 cm³/mol. The predicted octanol–water partition coefficient (Wildman–Crippen LogP) is 5.43. The number of fused-ring (bicyclic) bond motifs is 1. The van der Waals surface area contributed by atoms with Crippen molar-refractivity contribution in [2.24, 2.45) is 4.99 Å². The molecule has 7 heteroatoms. The van der Waals surface area contributed by atoms with Crippen LogP contribution in [0, 0.1) is 13.8 Å². The zero-order chi connectivity index (χ0) is 22.5. The highest BCUT2D eigenvalue weighted by atomic mass is 32.2. The summed E-state index contributed by atoms with van der Waals surface area (Å²) in [5.74, 6) is 0.230. The van der Waals surface area contributed by atoms with Gasteiger partial charge >= 0.3 is 0 Å². The van der Waals surface area contributed by atoms with Gasteiger partial charge in [0.15, 0.2) is 5.16 Å². The number of hydrogen-bond donors (Lipinski definition) is 2. The van der Waals surface area contributed by atoms with E-state index in [-0.39, 0.29) is 17.4 Å². The average Bonchev–Trinajstić information content (AvgIpc) is 2.77.